The fourth-order valence-corrected chi connectivity index (χ4v) is 4.19. The second-order valence-corrected chi connectivity index (χ2v) is 9.36. The third-order valence-electron chi connectivity index (χ3n) is 6.13. The molecule has 0 aliphatic rings. The molecular formula is C30H34N4O3. The molecule has 0 bridgehead atoms. The van der Waals surface area contributed by atoms with Crippen molar-refractivity contribution in [2.75, 3.05) is 40.8 Å². The van der Waals surface area contributed by atoms with E-state index in [1.165, 1.54) is 5.56 Å². The lowest BCUT2D eigenvalue weighted by Crippen LogP contribution is -2.28. The van der Waals surface area contributed by atoms with E-state index in [-0.39, 0.29) is 5.88 Å². The molecule has 4 rings (SSSR count). The van der Waals surface area contributed by atoms with Gasteiger partial charge in [0.25, 0.3) is 0 Å². The van der Waals surface area contributed by atoms with E-state index in [0.29, 0.717) is 29.0 Å². The van der Waals surface area contributed by atoms with Gasteiger partial charge in [0.05, 0.1) is 29.1 Å². The highest BCUT2D eigenvalue weighted by atomic mass is 16.5. The van der Waals surface area contributed by atoms with Crippen molar-refractivity contribution in [3.05, 3.63) is 95.1 Å². The minimum Gasteiger partial charge on any atom is -0.494 e. The van der Waals surface area contributed by atoms with Crippen molar-refractivity contribution < 1.29 is 14.6 Å². The zero-order valence-corrected chi connectivity index (χ0v) is 21.9. The number of likely N-dealkylation sites (N-methyl/N-ethyl adjacent to an activating group) is 2. The van der Waals surface area contributed by atoms with Crippen LogP contribution in [0.2, 0.25) is 0 Å². The van der Waals surface area contributed by atoms with E-state index in [1.807, 2.05) is 48.5 Å². The van der Waals surface area contributed by atoms with Crippen molar-refractivity contribution in [1.82, 2.24) is 14.8 Å². The highest BCUT2D eigenvalue weighted by Gasteiger charge is 2.20. The fraction of sp³-hybridized carbons (Fsp3) is 0.267. The van der Waals surface area contributed by atoms with Crippen LogP contribution >= 0.6 is 0 Å². The first-order valence-corrected chi connectivity index (χ1v) is 12.4. The lowest BCUT2D eigenvalue weighted by molar-refractivity contribution is 0.0526. The molecule has 1 heterocycles. The molecule has 192 valence electrons. The van der Waals surface area contributed by atoms with Crippen LogP contribution < -0.4 is 0 Å². The zero-order valence-electron chi connectivity index (χ0n) is 21.9. The number of hydrogen-bond acceptors (Lipinski definition) is 6. The van der Waals surface area contributed by atoms with Crippen LogP contribution in [0.15, 0.2) is 77.8 Å². The molecule has 2 N–H and O–H groups in total. The summed E-state index contributed by atoms with van der Waals surface area (Å²) in [5.41, 5.74) is 5.16. The molecule has 0 aliphatic carbocycles. The average molecular weight is 499 g/mol. The Morgan fingerprint density at radius 1 is 0.946 bits per heavy atom. The summed E-state index contributed by atoms with van der Waals surface area (Å²) in [5.74, 6) is -0.401. The number of aromatic amines is 1. The molecule has 7 nitrogen and oxygen atoms in total. The maximum Gasteiger partial charge on any atom is 0.338 e. The van der Waals surface area contributed by atoms with Gasteiger partial charge in [-0.25, -0.2) is 9.79 Å². The molecule has 1 aromatic heterocycles. The molecule has 3 aromatic carbocycles. The molecule has 4 aromatic rings. The Hall–Kier alpha value is -3.94. The predicted molar refractivity (Wildman–Crippen MR) is 149 cm³/mol. The zero-order chi connectivity index (χ0) is 26.4. The van der Waals surface area contributed by atoms with Crippen molar-refractivity contribution in [2.24, 2.45) is 4.99 Å². The summed E-state index contributed by atoms with van der Waals surface area (Å²) in [6.45, 7) is 4.93. The third-order valence-corrected chi connectivity index (χ3v) is 6.13. The summed E-state index contributed by atoms with van der Waals surface area (Å²) in [6, 6.07) is 23.2. The normalized spacial score (nSPS) is 12.0. The maximum atomic E-state index is 12.2. The van der Waals surface area contributed by atoms with Crippen molar-refractivity contribution in [1.29, 1.82) is 0 Å². The number of carbonyl (C=O) groups excluding carboxylic acids is 1. The molecule has 0 saturated carbocycles. The van der Waals surface area contributed by atoms with E-state index >= 15 is 0 Å². The van der Waals surface area contributed by atoms with Crippen molar-refractivity contribution in [3.63, 3.8) is 0 Å². The van der Waals surface area contributed by atoms with Gasteiger partial charge in [-0.2, -0.15) is 0 Å². The first kappa shape index (κ1) is 26.1. The highest BCUT2D eigenvalue weighted by molar-refractivity contribution is 6.22. The van der Waals surface area contributed by atoms with Gasteiger partial charge in [-0.3, -0.25) is 0 Å². The molecule has 0 aliphatic heterocycles. The number of esters is 1. The van der Waals surface area contributed by atoms with Gasteiger partial charge in [-0.05, 0) is 57.9 Å². The van der Waals surface area contributed by atoms with Gasteiger partial charge in [-0.1, -0.05) is 48.5 Å². The lowest BCUT2D eigenvalue weighted by Gasteiger charge is -2.19. The van der Waals surface area contributed by atoms with Crippen LogP contribution in [0.25, 0.3) is 10.9 Å². The van der Waals surface area contributed by atoms with Gasteiger partial charge in [-0.15, -0.1) is 0 Å². The fourth-order valence-electron chi connectivity index (χ4n) is 4.19. The van der Waals surface area contributed by atoms with Crippen LogP contribution in [0.5, 0.6) is 5.88 Å². The SMILES string of the molecule is CCOC(=O)c1ccc2c(C(=Nc3ccc(CN(C)CCN(C)C)cc3)c3ccccc3)c(O)[nH]c2c1. The molecule has 7 heteroatoms. The van der Waals surface area contributed by atoms with Crippen LogP contribution in [-0.2, 0) is 11.3 Å². The van der Waals surface area contributed by atoms with Crippen molar-refractivity contribution in [3.8, 4) is 5.88 Å². The smallest absolute Gasteiger partial charge is 0.338 e. The van der Waals surface area contributed by atoms with E-state index < -0.39 is 5.97 Å². The standard InChI is InChI=1S/C30H34N4O3/c1-5-37-30(36)23-13-16-25-26(19-23)32-29(35)27(25)28(22-9-7-6-8-10-22)31-24-14-11-21(12-15-24)20-34(4)18-17-33(2)3/h6-16,19,32,35H,5,17-18,20H2,1-4H3. The van der Waals surface area contributed by atoms with Crippen molar-refractivity contribution >= 4 is 28.3 Å². The predicted octanol–water partition coefficient (Wildman–Crippen LogP) is 5.21. The Kier molecular flexibility index (Phi) is 8.38. The summed E-state index contributed by atoms with van der Waals surface area (Å²) in [5, 5.41) is 11.7. The van der Waals surface area contributed by atoms with E-state index in [9.17, 15) is 9.90 Å². The van der Waals surface area contributed by atoms with Crippen LogP contribution in [-0.4, -0.2) is 72.4 Å². The van der Waals surface area contributed by atoms with Gasteiger partial charge in [0.15, 0.2) is 5.88 Å². The number of nitrogens with zero attached hydrogens (tertiary/aromatic N) is 3. The van der Waals surface area contributed by atoms with E-state index in [0.717, 1.165) is 36.3 Å². The topological polar surface area (TPSA) is 81.2 Å². The summed E-state index contributed by atoms with van der Waals surface area (Å²) < 4.78 is 5.12. The van der Waals surface area contributed by atoms with Gasteiger partial charge in [0.1, 0.15) is 0 Å². The minimum absolute atomic E-state index is 0.00208. The van der Waals surface area contributed by atoms with Crippen molar-refractivity contribution in [2.45, 2.75) is 13.5 Å². The number of hydrogen-bond donors (Lipinski definition) is 2. The molecule has 0 unspecified atom stereocenters. The highest BCUT2D eigenvalue weighted by Crippen LogP contribution is 2.32. The Bertz CT molecular complexity index is 1380. The van der Waals surface area contributed by atoms with Gasteiger partial charge < -0.3 is 24.6 Å². The second kappa shape index (κ2) is 11.9. The number of benzene rings is 3. The first-order chi connectivity index (χ1) is 17.9. The number of carbonyl (C=O) groups is 1. The minimum atomic E-state index is -0.399. The number of aromatic hydroxyl groups is 1. The number of aromatic nitrogens is 1. The van der Waals surface area contributed by atoms with E-state index in [2.05, 4.69) is 48.1 Å². The van der Waals surface area contributed by atoms with Gasteiger partial charge in [0.2, 0.25) is 0 Å². The first-order valence-electron chi connectivity index (χ1n) is 12.4. The van der Waals surface area contributed by atoms with Crippen LogP contribution in [0.4, 0.5) is 5.69 Å². The number of aliphatic imine (C=N–C) groups is 1. The molecule has 37 heavy (non-hydrogen) atoms. The monoisotopic (exact) mass is 498 g/mol. The van der Waals surface area contributed by atoms with Crippen LogP contribution in [0.1, 0.15) is 34.0 Å². The number of ether oxygens (including phenoxy) is 1. The quantitative estimate of drug-likeness (QED) is 0.232. The molecule has 0 fully saturated rings. The second-order valence-electron chi connectivity index (χ2n) is 9.36. The molecule has 0 amide bonds. The molecule has 0 spiro atoms. The Labute approximate surface area is 218 Å². The number of fused-ring (bicyclic) bond motifs is 1. The molecule has 0 radical (unpaired) electrons. The largest absolute Gasteiger partial charge is 0.494 e. The third kappa shape index (κ3) is 6.44. The van der Waals surface area contributed by atoms with E-state index in [1.54, 1.807) is 19.1 Å². The molecule has 0 saturated heterocycles. The summed E-state index contributed by atoms with van der Waals surface area (Å²) in [6.07, 6.45) is 0. The number of rotatable bonds is 10. The van der Waals surface area contributed by atoms with Gasteiger partial charge in [0, 0.05) is 36.1 Å². The number of nitrogens with one attached hydrogen (secondary N) is 1. The lowest BCUT2D eigenvalue weighted by atomic mass is 10.00. The summed E-state index contributed by atoms with van der Waals surface area (Å²) in [7, 11) is 6.28. The van der Waals surface area contributed by atoms with Gasteiger partial charge >= 0.3 is 5.97 Å². The summed E-state index contributed by atoms with van der Waals surface area (Å²) >= 11 is 0. The Balaban J connectivity index is 1.69. The summed E-state index contributed by atoms with van der Waals surface area (Å²) in [4.78, 5) is 24.7. The Morgan fingerprint density at radius 2 is 1.68 bits per heavy atom. The van der Waals surface area contributed by atoms with Crippen LogP contribution in [0.3, 0.4) is 0 Å². The Morgan fingerprint density at radius 3 is 2.35 bits per heavy atom. The average Bonchev–Trinajstić information content (AvgIpc) is 3.22. The van der Waals surface area contributed by atoms with Crippen LogP contribution in [0, 0.1) is 0 Å². The maximum absolute atomic E-state index is 12.2. The number of H-pyrrole nitrogens is 1. The van der Waals surface area contributed by atoms with E-state index in [4.69, 9.17) is 9.73 Å². The molecule has 0 atom stereocenters. The molecular weight excluding hydrogens is 464 g/mol.